The van der Waals surface area contributed by atoms with Crippen molar-refractivity contribution in [3.8, 4) is 22.3 Å². The van der Waals surface area contributed by atoms with Crippen molar-refractivity contribution in [2.75, 3.05) is 4.90 Å². The third-order valence-corrected chi connectivity index (χ3v) is 11.0. The molecule has 2 heteroatoms. The maximum absolute atomic E-state index is 6.40. The fraction of sp³-hybridized carbons (Fsp3) is 0. The average molecular weight is 688 g/mol. The number of furan rings is 1. The van der Waals surface area contributed by atoms with Crippen LogP contribution in [0.1, 0.15) is 0 Å². The molecule has 11 rings (SSSR count). The largest absolute Gasteiger partial charge is 0.456 e. The number of benzene rings is 10. The second kappa shape index (κ2) is 12.2. The Bertz CT molecular complexity index is 3230. The molecule has 0 fully saturated rings. The van der Waals surface area contributed by atoms with Crippen molar-refractivity contribution in [1.29, 1.82) is 0 Å². The monoisotopic (exact) mass is 687 g/mol. The van der Waals surface area contributed by atoms with Gasteiger partial charge in [-0.1, -0.05) is 140 Å². The third-order valence-electron chi connectivity index (χ3n) is 11.0. The smallest absolute Gasteiger partial charge is 0.136 e. The molecule has 1 aromatic heterocycles. The summed E-state index contributed by atoms with van der Waals surface area (Å²) in [6, 6.07) is 72.4. The second-order valence-electron chi connectivity index (χ2n) is 14.1. The SMILES string of the molecule is c1ccc(N(c2ccc(-c3cc4ccccc4c4ccccc34)cc2)c2ccc3ccccc3c2)c(-c2ccc3oc4cc5ccccc5cc4c3c2)c1. The molecule has 1 heterocycles. The standard InChI is InChI=1S/C52H33NO/c1-2-12-36-29-42(27-21-34(36)11-1)53(41-25-22-35(23-26-41)47-31-39-15-5-6-16-43(39)45-18-7-8-19-46(45)47)50-20-10-9-17-44(50)40-24-28-51-48(32-40)49-30-37-13-3-4-14-38(37)33-52(49)54-51/h1-33H. The van der Waals surface area contributed by atoms with Crippen LogP contribution >= 0.6 is 0 Å². The van der Waals surface area contributed by atoms with E-state index < -0.39 is 0 Å². The maximum Gasteiger partial charge on any atom is 0.136 e. The quantitative estimate of drug-likeness (QED) is 0.168. The molecule has 0 saturated heterocycles. The molecule has 0 aliphatic carbocycles. The molecule has 252 valence electrons. The van der Waals surface area contributed by atoms with Gasteiger partial charge in [0, 0.05) is 27.7 Å². The zero-order valence-corrected chi connectivity index (χ0v) is 29.4. The lowest BCUT2D eigenvalue weighted by Crippen LogP contribution is -2.11. The minimum Gasteiger partial charge on any atom is -0.456 e. The number of rotatable bonds is 5. The highest BCUT2D eigenvalue weighted by atomic mass is 16.3. The van der Waals surface area contributed by atoms with E-state index in [0.717, 1.165) is 50.1 Å². The lowest BCUT2D eigenvalue weighted by molar-refractivity contribution is 0.669. The fourth-order valence-corrected chi connectivity index (χ4v) is 8.37. The molecule has 10 aromatic carbocycles. The van der Waals surface area contributed by atoms with Gasteiger partial charge in [-0.2, -0.15) is 0 Å². The Hall–Kier alpha value is -7.16. The Balaban J connectivity index is 1.08. The van der Waals surface area contributed by atoms with E-state index in [4.69, 9.17) is 4.42 Å². The van der Waals surface area contributed by atoms with Gasteiger partial charge in [0.05, 0.1) is 5.69 Å². The van der Waals surface area contributed by atoms with Gasteiger partial charge in [-0.3, -0.25) is 0 Å². The molecule has 0 aliphatic heterocycles. The predicted octanol–water partition coefficient (Wildman–Crippen LogP) is 15.0. The Morgan fingerprint density at radius 2 is 0.889 bits per heavy atom. The van der Waals surface area contributed by atoms with Gasteiger partial charge in [0.2, 0.25) is 0 Å². The normalized spacial score (nSPS) is 11.7. The predicted molar refractivity (Wildman–Crippen MR) is 229 cm³/mol. The topological polar surface area (TPSA) is 16.4 Å². The van der Waals surface area contributed by atoms with E-state index in [0.29, 0.717) is 0 Å². The van der Waals surface area contributed by atoms with Gasteiger partial charge in [-0.15, -0.1) is 0 Å². The first kappa shape index (κ1) is 30.5. The van der Waals surface area contributed by atoms with E-state index in [1.54, 1.807) is 0 Å². The first-order valence-corrected chi connectivity index (χ1v) is 18.5. The van der Waals surface area contributed by atoms with Gasteiger partial charge in [0.1, 0.15) is 11.2 Å². The van der Waals surface area contributed by atoms with Crippen LogP contribution in [0.2, 0.25) is 0 Å². The Labute approximate surface area is 312 Å². The summed E-state index contributed by atoms with van der Waals surface area (Å²) in [5.41, 5.74) is 9.81. The Kier molecular flexibility index (Phi) is 6.90. The summed E-state index contributed by atoms with van der Waals surface area (Å²) in [6.45, 7) is 0. The van der Waals surface area contributed by atoms with Gasteiger partial charge in [0.15, 0.2) is 0 Å². The molecule has 0 atom stereocenters. The highest BCUT2D eigenvalue weighted by Gasteiger charge is 2.19. The van der Waals surface area contributed by atoms with Crippen molar-refractivity contribution in [3.63, 3.8) is 0 Å². The van der Waals surface area contributed by atoms with Crippen molar-refractivity contribution in [2.24, 2.45) is 0 Å². The van der Waals surface area contributed by atoms with Crippen molar-refractivity contribution in [1.82, 2.24) is 0 Å². The van der Waals surface area contributed by atoms with E-state index in [1.807, 2.05) is 0 Å². The average Bonchev–Trinajstić information content (AvgIpc) is 3.59. The summed E-state index contributed by atoms with van der Waals surface area (Å²) in [4.78, 5) is 2.40. The van der Waals surface area contributed by atoms with Crippen LogP contribution in [0.15, 0.2) is 205 Å². The summed E-state index contributed by atoms with van der Waals surface area (Å²) in [7, 11) is 0. The summed E-state index contributed by atoms with van der Waals surface area (Å²) < 4.78 is 6.40. The van der Waals surface area contributed by atoms with Gasteiger partial charge in [-0.25, -0.2) is 0 Å². The van der Waals surface area contributed by atoms with Crippen molar-refractivity contribution in [3.05, 3.63) is 200 Å². The number of hydrogen-bond donors (Lipinski definition) is 0. The van der Waals surface area contributed by atoms with E-state index in [-0.39, 0.29) is 0 Å². The van der Waals surface area contributed by atoms with Gasteiger partial charge >= 0.3 is 0 Å². The summed E-state index contributed by atoms with van der Waals surface area (Å²) in [5, 5.41) is 12.1. The molecule has 0 saturated carbocycles. The Morgan fingerprint density at radius 3 is 1.70 bits per heavy atom. The molecule has 0 N–H and O–H groups in total. The molecular weight excluding hydrogens is 655 g/mol. The first-order valence-electron chi connectivity index (χ1n) is 18.5. The van der Waals surface area contributed by atoms with Crippen LogP contribution < -0.4 is 4.90 Å². The van der Waals surface area contributed by atoms with E-state index in [9.17, 15) is 0 Å². The third kappa shape index (κ3) is 4.96. The lowest BCUT2D eigenvalue weighted by Gasteiger charge is -2.28. The molecule has 2 nitrogen and oxygen atoms in total. The molecule has 0 bridgehead atoms. The van der Waals surface area contributed by atoms with Gasteiger partial charge in [0.25, 0.3) is 0 Å². The van der Waals surface area contributed by atoms with Crippen LogP contribution in [0.5, 0.6) is 0 Å². The number of para-hydroxylation sites is 1. The lowest BCUT2D eigenvalue weighted by atomic mass is 9.93. The van der Waals surface area contributed by atoms with Crippen molar-refractivity contribution in [2.45, 2.75) is 0 Å². The summed E-state index contributed by atoms with van der Waals surface area (Å²) in [5.74, 6) is 0. The van der Waals surface area contributed by atoms with Crippen LogP contribution in [0.3, 0.4) is 0 Å². The molecule has 11 aromatic rings. The molecule has 0 amide bonds. The summed E-state index contributed by atoms with van der Waals surface area (Å²) in [6.07, 6.45) is 0. The van der Waals surface area contributed by atoms with Gasteiger partial charge in [-0.05, 0) is 120 Å². The highest BCUT2D eigenvalue weighted by Crippen LogP contribution is 2.44. The van der Waals surface area contributed by atoms with Crippen LogP contribution in [-0.4, -0.2) is 0 Å². The first-order chi connectivity index (χ1) is 26.7. The number of hydrogen-bond acceptors (Lipinski definition) is 2. The zero-order valence-electron chi connectivity index (χ0n) is 29.4. The van der Waals surface area contributed by atoms with E-state index in [1.165, 1.54) is 54.2 Å². The zero-order chi connectivity index (χ0) is 35.6. The van der Waals surface area contributed by atoms with Gasteiger partial charge < -0.3 is 9.32 Å². The van der Waals surface area contributed by atoms with Crippen LogP contribution in [0.25, 0.3) is 87.3 Å². The second-order valence-corrected chi connectivity index (χ2v) is 14.1. The van der Waals surface area contributed by atoms with Crippen molar-refractivity contribution < 1.29 is 4.42 Å². The molecule has 0 spiro atoms. The van der Waals surface area contributed by atoms with Crippen LogP contribution in [0, 0.1) is 0 Å². The minimum atomic E-state index is 0.893. The van der Waals surface area contributed by atoms with E-state index in [2.05, 4.69) is 205 Å². The van der Waals surface area contributed by atoms with Crippen molar-refractivity contribution >= 4 is 82.1 Å². The number of fused-ring (bicyclic) bond motifs is 8. The molecule has 0 aliphatic rings. The molecule has 0 radical (unpaired) electrons. The maximum atomic E-state index is 6.40. The fourth-order valence-electron chi connectivity index (χ4n) is 8.37. The molecule has 54 heavy (non-hydrogen) atoms. The minimum absolute atomic E-state index is 0.893. The number of anilines is 3. The van der Waals surface area contributed by atoms with Crippen LogP contribution in [0.4, 0.5) is 17.1 Å². The van der Waals surface area contributed by atoms with Crippen LogP contribution in [-0.2, 0) is 0 Å². The Morgan fingerprint density at radius 1 is 0.296 bits per heavy atom. The number of nitrogens with zero attached hydrogens (tertiary/aromatic N) is 1. The molecule has 0 unspecified atom stereocenters. The molecular formula is C52H33NO. The van der Waals surface area contributed by atoms with E-state index >= 15 is 0 Å². The summed E-state index contributed by atoms with van der Waals surface area (Å²) >= 11 is 0. The highest BCUT2D eigenvalue weighted by molar-refractivity contribution is 6.14.